The molecule has 1 N–H and O–H groups in total. The first-order chi connectivity index (χ1) is 15.4. The second kappa shape index (κ2) is 8.30. The molecule has 2 aromatic heterocycles. The van der Waals surface area contributed by atoms with Crippen molar-refractivity contribution in [3.05, 3.63) is 24.2 Å². The number of carbonyl (C=O) groups is 3. The van der Waals surface area contributed by atoms with E-state index in [4.69, 9.17) is 0 Å². The Morgan fingerprint density at radius 1 is 1.19 bits per heavy atom. The zero-order chi connectivity index (χ0) is 22.4. The van der Waals surface area contributed by atoms with Crippen molar-refractivity contribution < 1.29 is 14.4 Å². The molecular formula is C24H31N5O3. The highest BCUT2D eigenvalue weighted by molar-refractivity contribution is 6.04. The lowest BCUT2D eigenvalue weighted by Gasteiger charge is -2.32. The quantitative estimate of drug-likeness (QED) is 0.701. The van der Waals surface area contributed by atoms with Crippen molar-refractivity contribution in [1.82, 2.24) is 25.0 Å². The number of piperidine rings is 1. The van der Waals surface area contributed by atoms with Crippen LogP contribution in [-0.4, -0.2) is 55.4 Å². The summed E-state index contributed by atoms with van der Waals surface area (Å²) in [6, 6.07) is 1.62. The van der Waals surface area contributed by atoms with Crippen molar-refractivity contribution in [2.45, 2.75) is 83.5 Å². The maximum atomic E-state index is 13.4. The lowest BCUT2D eigenvalue weighted by molar-refractivity contribution is -0.140. The van der Waals surface area contributed by atoms with Gasteiger partial charge in [0.05, 0.1) is 11.7 Å². The summed E-state index contributed by atoms with van der Waals surface area (Å²) in [6.07, 6.45) is 11.0. The third-order valence-corrected chi connectivity index (χ3v) is 7.59. The van der Waals surface area contributed by atoms with Crippen LogP contribution in [0, 0.1) is 11.8 Å². The summed E-state index contributed by atoms with van der Waals surface area (Å²) in [5.41, 5.74) is 1.00. The molecule has 1 saturated heterocycles. The highest BCUT2D eigenvalue weighted by Crippen LogP contribution is 2.48. The first kappa shape index (κ1) is 21.1. The average Bonchev–Trinajstić information content (AvgIpc) is 3.29. The largest absolute Gasteiger partial charge is 0.352 e. The molecule has 3 heterocycles. The first-order valence-electron chi connectivity index (χ1n) is 11.9. The number of carbonyl (C=O) groups excluding carboxylic acids is 3. The number of hydrogen-bond donors (Lipinski definition) is 1. The highest BCUT2D eigenvalue weighted by atomic mass is 16.2. The van der Waals surface area contributed by atoms with Gasteiger partial charge >= 0.3 is 0 Å². The van der Waals surface area contributed by atoms with Gasteiger partial charge in [-0.25, -0.2) is 0 Å². The van der Waals surface area contributed by atoms with E-state index in [2.05, 4.69) is 22.3 Å². The zero-order valence-corrected chi connectivity index (χ0v) is 18.8. The molecule has 3 aliphatic rings. The Hall–Kier alpha value is -2.77. The fourth-order valence-corrected chi connectivity index (χ4v) is 5.73. The van der Waals surface area contributed by atoms with Crippen LogP contribution in [0.5, 0.6) is 0 Å². The molecule has 4 atom stereocenters. The number of Topliss-reactive ketones (excluding diaryl/α,β-unsaturated/α-hetero) is 1. The van der Waals surface area contributed by atoms with Crippen LogP contribution in [0.4, 0.5) is 0 Å². The number of aromatic nitrogens is 3. The smallest absolute Gasteiger partial charge is 0.245 e. The molecule has 0 aromatic carbocycles. The molecular weight excluding hydrogens is 406 g/mol. The van der Waals surface area contributed by atoms with Crippen LogP contribution in [-0.2, 0) is 16.1 Å². The lowest BCUT2D eigenvalue weighted by Crippen LogP contribution is -2.52. The van der Waals surface area contributed by atoms with Gasteiger partial charge in [-0.3, -0.25) is 24.0 Å². The molecule has 8 nitrogen and oxygen atoms in total. The summed E-state index contributed by atoms with van der Waals surface area (Å²) in [6.45, 7) is 3.57. The van der Waals surface area contributed by atoms with E-state index in [9.17, 15) is 14.4 Å². The minimum absolute atomic E-state index is 0.000647. The number of nitrogens with zero attached hydrogens (tertiary/aromatic N) is 4. The Bertz CT molecular complexity index is 1060. The summed E-state index contributed by atoms with van der Waals surface area (Å²) in [5, 5.41) is 8.31. The minimum Gasteiger partial charge on any atom is -0.352 e. The fraction of sp³-hybridized carbons (Fsp3) is 0.625. The first-order valence-corrected chi connectivity index (χ1v) is 11.9. The molecule has 3 fully saturated rings. The van der Waals surface area contributed by atoms with Crippen LogP contribution >= 0.6 is 0 Å². The monoisotopic (exact) mass is 437 g/mol. The molecule has 0 bridgehead atoms. The van der Waals surface area contributed by atoms with E-state index in [1.807, 2.05) is 0 Å². The van der Waals surface area contributed by atoms with Crippen molar-refractivity contribution in [3.63, 3.8) is 0 Å². The van der Waals surface area contributed by atoms with E-state index in [0.29, 0.717) is 28.4 Å². The minimum atomic E-state index is -0.412. The molecule has 2 aliphatic carbocycles. The Balaban J connectivity index is 1.31. The van der Waals surface area contributed by atoms with E-state index in [-0.39, 0.29) is 36.2 Å². The SMILES string of the molecule is CC(=O)c1nn(CC(=O)N2[C@@H]3CC3C[C@H]2C(=O)N[C@@H](C)C2CCCCC2)c2cnccc12. The number of fused-ring (bicyclic) bond motifs is 2. The molecule has 2 saturated carbocycles. The summed E-state index contributed by atoms with van der Waals surface area (Å²) in [7, 11) is 0. The van der Waals surface area contributed by atoms with Gasteiger partial charge in [0.2, 0.25) is 11.8 Å². The predicted octanol–water partition coefficient (Wildman–Crippen LogP) is 2.71. The van der Waals surface area contributed by atoms with E-state index < -0.39 is 6.04 Å². The van der Waals surface area contributed by atoms with Crippen molar-refractivity contribution in [1.29, 1.82) is 0 Å². The van der Waals surface area contributed by atoms with Gasteiger partial charge in [-0.15, -0.1) is 0 Å². The molecule has 0 radical (unpaired) electrons. The molecule has 2 aromatic rings. The number of likely N-dealkylation sites (tertiary alicyclic amines) is 1. The maximum Gasteiger partial charge on any atom is 0.245 e. The van der Waals surface area contributed by atoms with Crippen LogP contribution in [0.3, 0.4) is 0 Å². The number of nitrogens with one attached hydrogen (secondary N) is 1. The van der Waals surface area contributed by atoms with Gasteiger partial charge in [-0.05, 0) is 50.5 Å². The molecule has 2 amide bonds. The second-order valence-electron chi connectivity index (χ2n) is 9.77. The van der Waals surface area contributed by atoms with Crippen LogP contribution in [0.2, 0.25) is 0 Å². The van der Waals surface area contributed by atoms with Crippen LogP contribution in [0.25, 0.3) is 10.9 Å². The normalized spacial score (nSPS) is 26.1. The van der Waals surface area contributed by atoms with E-state index in [1.54, 1.807) is 28.0 Å². The number of pyridine rings is 1. The van der Waals surface area contributed by atoms with Gasteiger partial charge < -0.3 is 10.2 Å². The van der Waals surface area contributed by atoms with Gasteiger partial charge in [0.1, 0.15) is 18.3 Å². The number of ketones is 1. The van der Waals surface area contributed by atoms with Crippen molar-refractivity contribution >= 4 is 28.5 Å². The average molecular weight is 438 g/mol. The highest BCUT2D eigenvalue weighted by Gasteiger charge is 2.56. The number of rotatable bonds is 6. The Morgan fingerprint density at radius 3 is 2.72 bits per heavy atom. The van der Waals surface area contributed by atoms with Crippen molar-refractivity contribution in [2.75, 3.05) is 0 Å². The topological polar surface area (TPSA) is 97.2 Å². The Labute approximate surface area is 187 Å². The Morgan fingerprint density at radius 2 is 1.97 bits per heavy atom. The lowest BCUT2D eigenvalue weighted by atomic mass is 9.84. The van der Waals surface area contributed by atoms with Gasteiger partial charge in [0.25, 0.3) is 0 Å². The summed E-state index contributed by atoms with van der Waals surface area (Å²) in [5.74, 6) is 0.651. The summed E-state index contributed by atoms with van der Waals surface area (Å²) < 4.78 is 1.55. The molecule has 5 rings (SSSR count). The molecule has 8 heteroatoms. The summed E-state index contributed by atoms with van der Waals surface area (Å²) in [4.78, 5) is 44.4. The van der Waals surface area contributed by atoms with Crippen LogP contribution < -0.4 is 5.32 Å². The third-order valence-electron chi connectivity index (χ3n) is 7.59. The zero-order valence-electron chi connectivity index (χ0n) is 18.8. The van der Waals surface area contributed by atoms with Gasteiger partial charge in [0.15, 0.2) is 5.78 Å². The van der Waals surface area contributed by atoms with Gasteiger partial charge in [0, 0.05) is 30.6 Å². The number of hydrogen-bond acceptors (Lipinski definition) is 5. The maximum absolute atomic E-state index is 13.4. The third kappa shape index (κ3) is 3.80. The van der Waals surface area contributed by atoms with Crippen molar-refractivity contribution in [3.8, 4) is 0 Å². The Kier molecular flexibility index (Phi) is 5.47. The summed E-state index contributed by atoms with van der Waals surface area (Å²) >= 11 is 0. The van der Waals surface area contributed by atoms with Crippen LogP contribution in [0.15, 0.2) is 18.5 Å². The fourth-order valence-electron chi connectivity index (χ4n) is 5.73. The van der Waals surface area contributed by atoms with E-state index in [0.717, 1.165) is 12.8 Å². The molecule has 0 spiro atoms. The van der Waals surface area contributed by atoms with E-state index in [1.165, 1.54) is 39.0 Å². The standard InChI is InChI=1S/C24H31N5O3/c1-14(16-6-4-3-5-7-16)26-24(32)20-11-17-10-19(17)29(20)22(31)13-28-21-12-25-9-8-18(21)23(27-28)15(2)30/h8-9,12,14,16-17,19-20H,3-7,10-11,13H2,1-2H3,(H,26,32)/t14-,17?,19+,20-/m0/s1. The van der Waals surface area contributed by atoms with E-state index >= 15 is 0 Å². The number of amides is 2. The molecule has 1 aliphatic heterocycles. The second-order valence-corrected chi connectivity index (χ2v) is 9.77. The van der Waals surface area contributed by atoms with Gasteiger partial charge in [-0.2, -0.15) is 5.10 Å². The molecule has 1 unspecified atom stereocenters. The predicted molar refractivity (Wildman–Crippen MR) is 119 cm³/mol. The van der Waals surface area contributed by atoms with Crippen molar-refractivity contribution in [2.24, 2.45) is 11.8 Å². The molecule has 32 heavy (non-hydrogen) atoms. The van der Waals surface area contributed by atoms with Gasteiger partial charge in [-0.1, -0.05) is 19.3 Å². The molecule has 170 valence electrons. The van der Waals surface area contributed by atoms with Crippen LogP contribution in [0.1, 0.15) is 69.3 Å².